The Balaban J connectivity index is 1.61. The first-order valence-corrected chi connectivity index (χ1v) is 9.65. The van der Waals surface area contributed by atoms with Crippen LogP contribution in [-0.2, 0) is 11.3 Å². The predicted molar refractivity (Wildman–Crippen MR) is 111 cm³/mol. The Morgan fingerprint density at radius 1 is 1.28 bits per heavy atom. The van der Waals surface area contributed by atoms with Crippen molar-refractivity contribution < 1.29 is 23.9 Å². The topological polar surface area (TPSA) is 91.1 Å². The molecule has 4 rings (SSSR count). The van der Waals surface area contributed by atoms with Crippen molar-refractivity contribution in [3.8, 4) is 17.2 Å². The van der Waals surface area contributed by atoms with E-state index in [1.54, 1.807) is 19.2 Å². The molecule has 0 aromatic heterocycles. The summed E-state index contributed by atoms with van der Waals surface area (Å²) in [5.74, 6) is 1.12. The molecule has 1 saturated heterocycles. The van der Waals surface area contributed by atoms with Crippen LogP contribution in [0.2, 0.25) is 0 Å². The second-order valence-corrected chi connectivity index (χ2v) is 7.81. The summed E-state index contributed by atoms with van der Waals surface area (Å²) in [4.78, 5) is 25.6. The molecule has 0 N–H and O–H groups in total. The van der Waals surface area contributed by atoms with Gasteiger partial charge in [0.1, 0.15) is 10.1 Å². The number of benzene rings is 2. The number of nitrogens with zero attached hydrogens (tertiary/aromatic N) is 2. The van der Waals surface area contributed by atoms with Gasteiger partial charge in [-0.25, -0.2) is 0 Å². The van der Waals surface area contributed by atoms with Crippen LogP contribution in [0.1, 0.15) is 11.1 Å². The lowest BCUT2D eigenvalue weighted by atomic mass is 10.1. The fourth-order valence-corrected chi connectivity index (χ4v) is 4.16. The van der Waals surface area contributed by atoms with Gasteiger partial charge in [0.05, 0.1) is 35.1 Å². The van der Waals surface area contributed by atoms with Crippen LogP contribution in [0.3, 0.4) is 0 Å². The lowest BCUT2D eigenvalue weighted by molar-refractivity contribution is -0.385. The van der Waals surface area contributed by atoms with Crippen molar-refractivity contribution >= 4 is 46.0 Å². The number of hydrogen-bond acceptors (Lipinski definition) is 8. The van der Waals surface area contributed by atoms with E-state index in [0.717, 1.165) is 17.3 Å². The molecule has 29 heavy (non-hydrogen) atoms. The lowest BCUT2D eigenvalue weighted by Gasteiger charge is -2.14. The zero-order valence-corrected chi connectivity index (χ0v) is 16.7. The lowest BCUT2D eigenvalue weighted by Crippen LogP contribution is -2.27. The molecule has 0 aliphatic carbocycles. The molecular formula is C19H14N2O6S2. The number of carbonyl (C=O) groups excluding carboxylic acids is 1. The van der Waals surface area contributed by atoms with Crippen molar-refractivity contribution in [3.63, 3.8) is 0 Å². The van der Waals surface area contributed by atoms with Crippen LogP contribution in [0.25, 0.3) is 6.08 Å². The third-order valence-corrected chi connectivity index (χ3v) is 5.76. The minimum atomic E-state index is -0.522. The Morgan fingerprint density at radius 3 is 2.62 bits per heavy atom. The summed E-state index contributed by atoms with van der Waals surface area (Å²) in [6.45, 7) is 0.301. The van der Waals surface area contributed by atoms with Crippen LogP contribution >= 0.6 is 24.0 Å². The minimum Gasteiger partial charge on any atom is -0.497 e. The van der Waals surface area contributed by atoms with Gasteiger partial charge in [0.25, 0.3) is 11.6 Å². The summed E-state index contributed by atoms with van der Waals surface area (Å²) in [6.07, 6.45) is 1.47. The number of nitro groups is 1. The number of carbonyl (C=O) groups is 1. The van der Waals surface area contributed by atoms with Crippen LogP contribution in [0.4, 0.5) is 5.69 Å². The number of ether oxygens (including phenoxy) is 3. The molecule has 10 heteroatoms. The molecule has 2 aliphatic heterocycles. The average Bonchev–Trinajstić information content (AvgIpc) is 3.27. The van der Waals surface area contributed by atoms with E-state index in [2.05, 4.69) is 0 Å². The van der Waals surface area contributed by atoms with Gasteiger partial charge in [0.2, 0.25) is 6.79 Å². The van der Waals surface area contributed by atoms with E-state index in [9.17, 15) is 14.9 Å². The van der Waals surface area contributed by atoms with Gasteiger partial charge in [0, 0.05) is 0 Å². The van der Waals surface area contributed by atoms with Crippen molar-refractivity contribution in [2.45, 2.75) is 6.54 Å². The zero-order valence-electron chi connectivity index (χ0n) is 15.1. The molecule has 8 nitrogen and oxygen atoms in total. The first kappa shape index (κ1) is 19.2. The van der Waals surface area contributed by atoms with Gasteiger partial charge in [-0.15, -0.1) is 0 Å². The van der Waals surface area contributed by atoms with E-state index in [1.165, 1.54) is 23.1 Å². The van der Waals surface area contributed by atoms with Gasteiger partial charge < -0.3 is 14.2 Å². The fourth-order valence-electron chi connectivity index (χ4n) is 2.91. The summed E-state index contributed by atoms with van der Waals surface area (Å²) in [5.41, 5.74) is 0.969. The van der Waals surface area contributed by atoms with E-state index in [0.29, 0.717) is 33.0 Å². The van der Waals surface area contributed by atoms with E-state index >= 15 is 0 Å². The average molecular weight is 430 g/mol. The molecule has 0 saturated carbocycles. The Labute approximate surface area is 175 Å². The number of nitro benzene ring substituents is 1. The van der Waals surface area contributed by atoms with Crippen molar-refractivity contribution in [3.05, 3.63) is 62.5 Å². The largest absolute Gasteiger partial charge is 0.497 e. The van der Waals surface area contributed by atoms with Crippen molar-refractivity contribution in [2.75, 3.05) is 13.9 Å². The first-order chi connectivity index (χ1) is 14.0. The molecule has 0 atom stereocenters. The highest BCUT2D eigenvalue weighted by Gasteiger charge is 2.33. The Morgan fingerprint density at radius 2 is 1.97 bits per heavy atom. The molecule has 1 fully saturated rings. The molecule has 0 spiro atoms. The number of amides is 1. The van der Waals surface area contributed by atoms with Crippen LogP contribution in [0.15, 0.2) is 41.3 Å². The fraction of sp³-hybridized carbons (Fsp3) is 0.158. The normalized spacial score (nSPS) is 16.6. The molecule has 2 aromatic carbocycles. The van der Waals surface area contributed by atoms with E-state index in [1.807, 2.05) is 12.1 Å². The molecule has 2 aromatic rings. The Hall–Kier alpha value is -3.11. The third-order valence-electron chi connectivity index (χ3n) is 4.38. The van der Waals surface area contributed by atoms with Gasteiger partial charge in [0.15, 0.2) is 11.5 Å². The van der Waals surface area contributed by atoms with E-state index < -0.39 is 4.92 Å². The summed E-state index contributed by atoms with van der Waals surface area (Å²) in [7, 11) is 1.58. The standard InChI is InChI=1S/C19H14N2O6S2/c1-25-13-4-2-11(3-5-13)9-20-18(22)17(29-19(20)28)7-12-6-15-16(27-10-26-15)8-14(12)21(23)24/h2-8H,9-10H2,1H3. The maximum Gasteiger partial charge on any atom is 0.280 e. The second kappa shape index (κ2) is 7.72. The maximum absolute atomic E-state index is 12.9. The second-order valence-electron chi connectivity index (χ2n) is 6.14. The van der Waals surface area contributed by atoms with Crippen molar-refractivity contribution in [1.29, 1.82) is 0 Å². The van der Waals surface area contributed by atoms with Crippen LogP contribution in [0, 0.1) is 10.1 Å². The number of thiocarbonyl (C=S) groups is 1. The molecule has 1 amide bonds. The highest BCUT2D eigenvalue weighted by atomic mass is 32.2. The van der Waals surface area contributed by atoms with Gasteiger partial charge >= 0.3 is 0 Å². The number of fused-ring (bicyclic) bond motifs is 1. The highest BCUT2D eigenvalue weighted by Crippen LogP contribution is 2.41. The predicted octanol–water partition coefficient (Wildman–Crippen LogP) is 3.73. The molecule has 148 valence electrons. The SMILES string of the molecule is COc1ccc(CN2C(=O)C(=Cc3cc4c(cc3[N+](=O)[O-])OCO4)SC2=S)cc1. The van der Waals surface area contributed by atoms with Crippen LogP contribution in [0.5, 0.6) is 17.2 Å². The molecule has 2 heterocycles. The molecule has 2 aliphatic rings. The smallest absolute Gasteiger partial charge is 0.280 e. The van der Waals surface area contributed by atoms with Crippen molar-refractivity contribution in [2.24, 2.45) is 0 Å². The monoisotopic (exact) mass is 430 g/mol. The van der Waals surface area contributed by atoms with Gasteiger partial charge in [-0.05, 0) is 29.8 Å². The molecule has 0 bridgehead atoms. The summed E-state index contributed by atoms with van der Waals surface area (Å²) < 4.78 is 16.0. The van der Waals surface area contributed by atoms with E-state index in [4.69, 9.17) is 26.4 Å². The van der Waals surface area contributed by atoms with Crippen LogP contribution < -0.4 is 14.2 Å². The summed E-state index contributed by atoms with van der Waals surface area (Å²) in [5, 5.41) is 11.4. The summed E-state index contributed by atoms with van der Waals surface area (Å²) >= 11 is 6.45. The zero-order chi connectivity index (χ0) is 20.5. The van der Waals surface area contributed by atoms with Crippen molar-refractivity contribution in [1.82, 2.24) is 4.90 Å². The number of hydrogen-bond donors (Lipinski definition) is 0. The number of thioether (sulfide) groups is 1. The molecular weight excluding hydrogens is 416 g/mol. The quantitative estimate of drug-likeness (QED) is 0.307. The third kappa shape index (κ3) is 3.76. The Kier molecular flexibility index (Phi) is 5.12. The summed E-state index contributed by atoms with van der Waals surface area (Å²) in [6, 6.07) is 10.1. The first-order valence-electron chi connectivity index (χ1n) is 8.42. The van der Waals surface area contributed by atoms with E-state index in [-0.39, 0.29) is 24.0 Å². The molecule has 0 unspecified atom stereocenters. The van der Waals surface area contributed by atoms with Crippen LogP contribution in [-0.4, -0.2) is 34.0 Å². The number of methoxy groups -OCH3 is 1. The van der Waals surface area contributed by atoms with Gasteiger partial charge in [-0.1, -0.05) is 36.1 Å². The highest BCUT2D eigenvalue weighted by molar-refractivity contribution is 8.26. The van der Waals surface area contributed by atoms with Gasteiger partial charge in [-0.2, -0.15) is 0 Å². The molecule has 0 radical (unpaired) electrons. The maximum atomic E-state index is 12.9. The number of rotatable bonds is 5. The Bertz CT molecular complexity index is 1050. The minimum absolute atomic E-state index is 0.0000815. The van der Waals surface area contributed by atoms with Gasteiger partial charge in [-0.3, -0.25) is 19.8 Å².